The van der Waals surface area contributed by atoms with Gasteiger partial charge in [0.2, 0.25) is 11.8 Å². The SMILES string of the molecule is CCCCCCCCCCC[C@@H](O)CC(=O)NC1=C(OP(=O)(O)OP(=O)(O)CCN)OC(CO[C@@H]2O[C@H](CO)[C@@H](OP(=O)(O)OP(=O)(O)OCCN)C(OC(=O)C[C@H](O)CCCCCCCCCCC)C2NC(=O)C[C@H](O)CCCCCCCCCCC)[C@@H](O)C1OC(=O)C[C@H](O)CCCCCCCCCCC. The predicted octanol–water partition coefficient (Wildman–Crippen LogP) is 11.6. The zero-order valence-corrected chi connectivity index (χ0v) is 68.6. The molecule has 36 heteroatoms. The summed E-state index contributed by atoms with van der Waals surface area (Å²) >= 11 is 0. The van der Waals surface area contributed by atoms with Crippen molar-refractivity contribution in [1.29, 1.82) is 0 Å². The monoisotopic (exact) mass is 1630 g/mol. The minimum Gasteiger partial charge on any atom is -0.457 e. The van der Waals surface area contributed by atoms with Gasteiger partial charge in [0.25, 0.3) is 0 Å². The number of hydrogen-bond acceptors (Lipinski definition) is 26. The minimum absolute atomic E-state index is 0.104. The molecule has 32 nitrogen and oxygen atoms in total. The Morgan fingerprint density at radius 3 is 1.30 bits per heavy atom. The van der Waals surface area contributed by atoms with Crippen LogP contribution in [0.1, 0.15) is 310 Å². The van der Waals surface area contributed by atoms with E-state index in [1.165, 1.54) is 0 Å². The standard InChI is InChI=1S/C72H140N4O28P4/c1-5-9-13-17-21-25-29-33-37-41-55(78)49-61(82)75-65-69(99-63(84)51-57(80)43-39-35-31-27-23-19-15-11-7-3)67(86)60(98-72(65)102-108(93,94)103-105(87,88)48-46-74)54-95-71-66(76-62(83)50-56(79)42-38-34-30-26-22-18-14-10-6-2)70(100-64(85)52-58(81)44-40-36-32-28-24-20-16-12-8-4)68(59(53-77)97-71)101-107(91,92)104-106(89,90)96-47-45-73/h55-60,66-71,77-81,86H,5-54,73-74H2,1-4H3,(H,75,82)(H,76,83)(H,87,88)(H,89,90)(H,91,92)(H,93,94)/t55-,56-,57-,58-,59-,60?,66?,67-,68-,69?,70?,71-/m1/s1. The summed E-state index contributed by atoms with van der Waals surface area (Å²) in [6, 6.07) is -2.06. The number of aliphatic hydroxyl groups excluding tert-OH is 6. The van der Waals surface area contributed by atoms with Gasteiger partial charge in [0.05, 0.1) is 76.1 Å². The molecule has 0 aromatic carbocycles. The Labute approximate surface area is 642 Å². The number of rotatable bonds is 69. The largest absolute Gasteiger partial charge is 0.537 e. The molecule has 2 rings (SSSR count). The number of ether oxygens (including phenoxy) is 5. The van der Waals surface area contributed by atoms with Crippen LogP contribution >= 0.6 is 31.1 Å². The van der Waals surface area contributed by atoms with Gasteiger partial charge in [0.15, 0.2) is 24.6 Å². The summed E-state index contributed by atoms with van der Waals surface area (Å²) in [5.41, 5.74) is 9.98. The minimum atomic E-state index is -5.98. The fraction of sp³-hybridized carbons (Fsp3) is 0.917. The van der Waals surface area contributed by atoms with Gasteiger partial charge in [0.1, 0.15) is 30.1 Å². The van der Waals surface area contributed by atoms with Crippen LogP contribution in [0.3, 0.4) is 0 Å². The first-order chi connectivity index (χ1) is 51.5. The van der Waals surface area contributed by atoms with Crippen molar-refractivity contribution in [3.8, 4) is 0 Å². The third kappa shape index (κ3) is 47.3. The number of nitrogens with two attached hydrogens (primary N) is 2. The molecule has 8 unspecified atom stereocenters. The highest BCUT2D eigenvalue weighted by Crippen LogP contribution is 2.62. The molecule has 2 amide bonds. The molecule has 636 valence electrons. The highest BCUT2D eigenvalue weighted by Gasteiger charge is 2.55. The number of nitrogens with one attached hydrogen (secondary N) is 2. The first-order valence-corrected chi connectivity index (χ1v) is 46.6. The molecule has 16 N–H and O–H groups in total. The van der Waals surface area contributed by atoms with Crippen LogP contribution in [0, 0.1) is 0 Å². The van der Waals surface area contributed by atoms with E-state index < -0.39 is 198 Å². The van der Waals surface area contributed by atoms with E-state index in [4.69, 9.17) is 44.2 Å². The Bertz CT molecular complexity index is 2660. The van der Waals surface area contributed by atoms with Crippen LogP contribution in [0.25, 0.3) is 0 Å². The maximum Gasteiger partial charge on any atom is 0.537 e. The smallest absolute Gasteiger partial charge is 0.457 e. The molecule has 1 saturated heterocycles. The fourth-order valence-electron chi connectivity index (χ4n) is 12.8. The number of esters is 2. The van der Waals surface area contributed by atoms with Crippen LogP contribution in [-0.2, 0) is 83.3 Å². The number of aliphatic hydroxyl groups is 6. The molecular formula is C72H140N4O28P4. The quantitative estimate of drug-likeness (QED) is 0.0153. The van der Waals surface area contributed by atoms with E-state index in [2.05, 4.69) is 51.5 Å². The lowest BCUT2D eigenvalue weighted by Crippen LogP contribution is -2.66. The van der Waals surface area contributed by atoms with Crippen molar-refractivity contribution in [3.63, 3.8) is 0 Å². The van der Waals surface area contributed by atoms with Crippen molar-refractivity contribution in [2.45, 2.75) is 384 Å². The molecule has 2 heterocycles. The second-order valence-corrected chi connectivity index (χ2v) is 35.3. The maximum absolute atomic E-state index is 14.4. The lowest BCUT2D eigenvalue weighted by atomic mass is 9.95. The van der Waals surface area contributed by atoms with Gasteiger partial charge in [0, 0.05) is 13.1 Å². The van der Waals surface area contributed by atoms with Gasteiger partial charge in [-0.05, 0) is 25.7 Å². The van der Waals surface area contributed by atoms with Crippen LogP contribution in [0.5, 0.6) is 0 Å². The van der Waals surface area contributed by atoms with Crippen molar-refractivity contribution in [2.24, 2.45) is 11.5 Å². The summed E-state index contributed by atoms with van der Waals surface area (Å²) in [5, 5.41) is 73.2. The second-order valence-electron chi connectivity index (χ2n) is 28.8. The number of carbonyl (C=O) groups is 4. The summed E-state index contributed by atoms with van der Waals surface area (Å²) in [4.78, 5) is 100. The van der Waals surface area contributed by atoms with E-state index in [0.717, 1.165) is 199 Å². The summed E-state index contributed by atoms with van der Waals surface area (Å²) in [5.74, 6) is -5.86. The third-order valence-corrected chi connectivity index (χ3v) is 24.5. The maximum atomic E-state index is 14.4. The van der Waals surface area contributed by atoms with Crippen molar-refractivity contribution < 1.29 is 134 Å². The van der Waals surface area contributed by atoms with E-state index in [1.54, 1.807) is 0 Å². The molecule has 1 fully saturated rings. The molecule has 0 saturated carbocycles. The van der Waals surface area contributed by atoms with Crippen molar-refractivity contribution in [3.05, 3.63) is 11.6 Å². The highest BCUT2D eigenvalue weighted by molar-refractivity contribution is 7.64. The highest BCUT2D eigenvalue weighted by atomic mass is 31.3. The zero-order valence-electron chi connectivity index (χ0n) is 65.0. The molecule has 0 spiro atoms. The molecule has 2 aliphatic heterocycles. The lowest BCUT2D eigenvalue weighted by molar-refractivity contribution is -0.280. The lowest BCUT2D eigenvalue weighted by Gasteiger charge is -2.46. The van der Waals surface area contributed by atoms with Gasteiger partial charge in [-0.15, -0.1) is 0 Å². The summed E-state index contributed by atoms with van der Waals surface area (Å²) in [6.07, 6.45) is 10.3. The predicted molar refractivity (Wildman–Crippen MR) is 406 cm³/mol. The van der Waals surface area contributed by atoms with Gasteiger partial charge in [-0.3, -0.25) is 37.7 Å². The molecular weight excluding hydrogens is 1490 g/mol. The van der Waals surface area contributed by atoms with Crippen LogP contribution in [0.4, 0.5) is 0 Å². The number of carbonyl (C=O) groups excluding carboxylic acids is 4. The summed E-state index contributed by atoms with van der Waals surface area (Å²) < 4.78 is 108. The van der Waals surface area contributed by atoms with Gasteiger partial charge in [-0.25, -0.2) is 13.7 Å². The van der Waals surface area contributed by atoms with Crippen molar-refractivity contribution in [2.75, 3.05) is 39.1 Å². The second kappa shape index (κ2) is 59.1. The Hall–Kier alpha value is -2.58. The van der Waals surface area contributed by atoms with E-state index in [1.807, 2.05) is 0 Å². The first kappa shape index (κ1) is 101. The summed E-state index contributed by atoms with van der Waals surface area (Å²) in [6.45, 7) is 4.53. The van der Waals surface area contributed by atoms with Crippen LogP contribution in [0.2, 0.25) is 0 Å². The topological polar surface area (TPSA) is 507 Å². The Morgan fingerprint density at radius 2 is 0.889 bits per heavy atom. The Morgan fingerprint density at radius 1 is 0.491 bits per heavy atom. The van der Waals surface area contributed by atoms with Crippen LogP contribution in [0.15, 0.2) is 11.6 Å². The molecule has 0 radical (unpaired) electrons. The van der Waals surface area contributed by atoms with Gasteiger partial charge >= 0.3 is 48.9 Å². The zero-order chi connectivity index (χ0) is 80.2. The number of hydrogen-bond donors (Lipinski definition) is 14. The van der Waals surface area contributed by atoms with Crippen LogP contribution < -0.4 is 22.1 Å². The molecule has 0 aromatic rings. The number of unbranched alkanes of at least 4 members (excludes halogenated alkanes) is 32. The molecule has 0 bridgehead atoms. The van der Waals surface area contributed by atoms with Crippen molar-refractivity contribution in [1.82, 2.24) is 10.6 Å². The van der Waals surface area contributed by atoms with E-state index in [0.29, 0.717) is 32.1 Å². The molecule has 0 aromatic heterocycles. The molecule has 2 aliphatic rings. The normalized spacial score (nSPS) is 22.3. The van der Waals surface area contributed by atoms with Gasteiger partial charge in [-0.1, -0.05) is 259 Å². The van der Waals surface area contributed by atoms with Crippen molar-refractivity contribution >= 4 is 54.8 Å². The summed E-state index contributed by atoms with van der Waals surface area (Å²) in [7, 11) is -22.6. The number of phosphoric acid groups is 3. The fourth-order valence-corrected chi connectivity index (χ4v) is 17.5. The van der Waals surface area contributed by atoms with Gasteiger partial charge < -0.3 is 95.6 Å². The van der Waals surface area contributed by atoms with E-state index >= 15 is 0 Å². The average Bonchev–Trinajstić information content (AvgIpc) is 0.779. The number of amides is 2. The van der Waals surface area contributed by atoms with Gasteiger partial charge in [-0.2, -0.15) is 8.62 Å². The molecule has 108 heavy (non-hydrogen) atoms. The first-order valence-electron chi connectivity index (χ1n) is 40.3. The van der Waals surface area contributed by atoms with E-state index in [9.17, 15) is 87.7 Å². The number of phosphoric ester groups is 3. The van der Waals surface area contributed by atoms with E-state index in [-0.39, 0.29) is 32.2 Å². The average molecular weight is 1630 g/mol. The van der Waals surface area contributed by atoms with Crippen LogP contribution in [-0.4, -0.2) is 186 Å². The third-order valence-electron chi connectivity index (χ3n) is 18.7. The molecule has 16 atom stereocenters. The Balaban J connectivity index is 2.86. The molecule has 0 aliphatic carbocycles. The Kier molecular flexibility index (Phi) is 55.6.